The van der Waals surface area contributed by atoms with Crippen LogP contribution in [-0.4, -0.2) is 18.2 Å². The predicted molar refractivity (Wildman–Crippen MR) is 73.0 cm³/mol. The molecule has 1 aromatic carbocycles. The van der Waals surface area contributed by atoms with E-state index in [1.165, 1.54) is 0 Å². The van der Waals surface area contributed by atoms with E-state index in [0.717, 1.165) is 5.71 Å². The Kier molecular flexibility index (Phi) is 5.65. The van der Waals surface area contributed by atoms with Crippen LogP contribution in [0.2, 0.25) is 5.02 Å². The number of nitrogens with one attached hydrogen (secondary N) is 1. The van der Waals surface area contributed by atoms with E-state index in [1.54, 1.807) is 24.3 Å². The number of halogens is 1. The van der Waals surface area contributed by atoms with Crippen molar-refractivity contribution in [2.45, 2.75) is 20.8 Å². The van der Waals surface area contributed by atoms with E-state index < -0.39 is 0 Å². The van der Waals surface area contributed by atoms with Crippen LogP contribution in [0.1, 0.15) is 20.8 Å². The Hall–Kier alpha value is -1.55. The van der Waals surface area contributed by atoms with Gasteiger partial charge in [0.25, 0.3) is 5.91 Å². The van der Waals surface area contributed by atoms with Crippen LogP contribution in [0.5, 0.6) is 5.75 Å². The molecule has 0 aliphatic rings. The van der Waals surface area contributed by atoms with E-state index in [1.807, 2.05) is 20.8 Å². The zero-order chi connectivity index (χ0) is 13.5. The molecule has 0 radical (unpaired) electrons. The number of rotatable bonds is 5. The zero-order valence-electron chi connectivity index (χ0n) is 10.7. The normalized spacial score (nSPS) is 11.5. The van der Waals surface area contributed by atoms with E-state index in [2.05, 4.69) is 10.5 Å². The molecule has 1 N–H and O–H groups in total. The Morgan fingerprint density at radius 1 is 1.39 bits per heavy atom. The molecule has 0 aliphatic carbocycles. The lowest BCUT2D eigenvalue weighted by Crippen LogP contribution is -2.26. The lowest BCUT2D eigenvalue weighted by molar-refractivity contribution is -0.123. The summed E-state index contributed by atoms with van der Waals surface area (Å²) in [5.41, 5.74) is 3.31. The van der Waals surface area contributed by atoms with Crippen molar-refractivity contribution >= 4 is 23.2 Å². The van der Waals surface area contributed by atoms with Gasteiger partial charge < -0.3 is 4.74 Å². The fourth-order valence-corrected chi connectivity index (χ4v) is 1.12. The predicted octanol–water partition coefficient (Wildman–Crippen LogP) is 2.87. The summed E-state index contributed by atoms with van der Waals surface area (Å²) in [5, 5.41) is 4.59. The van der Waals surface area contributed by atoms with Crippen molar-refractivity contribution in [1.29, 1.82) is 0 Å². The van der Waals surface area contributed by atoms with Gasteiger partial charge in [0.15, 0.2) is 6.61 Å². The lowest BCUT2D eigenvalue weighted by atomic mass is 10.1. The smallest absolute Gasteiger partial charge is 0.277 e. The number of hydrazone groups is 1. The maximum atomic E-state index is 11.4. The summed E-state index contributed by atoms with van der Waals surface area (Å²) in [6.45, 7) is 5.81. The Balaban J connectivity index is 2.38. The molecule has 0 spiro atoms. The Bertz CT molecular complexity index is 427. The third-order valence-corrected chi connectivity index (χ3v) is 2.63. The van der Waals surface area contributed by atoms with Crippen LogP contribution in [-0.2, 0) is 4.79 Å². The molecule has 98 valence electrons. The lowest BCUT2D eigenvalue weighted by Gasteiger charge is -2.06. The summed E-state index contributed by atoms with van der Waals surface area (Å²) in [6.07, 6.45) is 0. The summed E-state index contributed by atoms with van der Waals surface area (Å²) in [5.74, 6) is 0.617. The number of hydrogen-bond acceptors (Lipinski definition) is 3. The van der Waals surface area contributed by atoms with Gasteiger partial charge >= 0.3 is 0 Å². The molecule has 5 heteroatoms. The molecule has 18 heavy (non-hydrogen) atoms. The van der Waals surface area contributed by atoms with Crippen LogP contribution in [0.4, 0.5) is 0 Å². The first-order valence-corrected chi connectivity index (χ1v) is 6.08. The van der Waals surface area contributed by atoms with Crippen molar-refractivity contribution in [3.8, 4) is 5.75 Å². The zero-order valence-corrected chi connectivity index (χ0v) is 11.5. The molecule has 0 unspecified atom stereocenters. The van der Waals surface area contributed by atoms with Gasteiger partial charge in [-0.05, 0) is 37.1 Å². The third kappa shape index (κ3) is 5.19. The van der Waals surface area contributed by atoms with Gasteiger partial charge in [0.2, 0.25) is 0 Å². The summed E-state index contributed by atoms with van der Waals surface area (Å²) in [7, 11) is 0. The summed E-state index contributed by atoms with van der Waals surface area (Å²) in [4.78, 5) is 11.4. The topological polar surface area (TPSA) is 50.7 Å². The van der Waals surface area contributed by atoms with Gasteiger partial charge in [-0.2, -0.15) is 5.10 Å². The Morgan fingerprint density at radius 3 is 2.56 bits per heavy atom. The van der Waals surface area contributed by atoms with Crippen LogP contribution < -0.4 is 10.2 Å². The van der Waals surface area contributed by atoms with Crippen molar-refractivity contribution < 1.29 is 9.53 Å². The first-order valence-electron chi connectivity index (χ1n) is 5.70. The van der Waals surface area contributed by atoms with E-state index in [4.69, 9.17) is 16.3 Å². The molecule has 0 atom stereocenters. The maximum absolute atomic E-state index is 11.4. The largest absolute Gasteiger partial charge is 0.484 e. The summed E-state index contributed by atoms with van der Waals surface area (Å²) >= 11 is 5.74. The van der Waals surface area contributed by atoms with Crippen molar-refractivity contribution in [2.75, 3.05) is 6.61 Å². The highest BCUT2D eigenvalue weighted by molar-refractivity contribution is 6.30. The van der Waals surface area contributed by atoms with Crippen molar-refractivity contribution in [3.05, 3.63) is 29.3 Å². The number of benzene rings is 1. The molecule has 0 aromatic heterocycles. The van der Waals surface area contributed by atoms with Gasteiger partial charge in [-0.3, -0.25) is 4.79 Å². The molecule has 0 saturated carbocycles. The maximum Gasteiger partial charge on any atom is 0.277 e. The van der Waals surface area contributed by atoms with Crippen molar-refractivity contribution in [1.82, 2.24) is 5.43 Å². The minimum Gasteiger partial charge on any atom is -0.484 e. The second-order valence-electron chi connectivity index (χ2n) is 4.19. The fraction of sp³-hybridized carbons (Fsp3) is 0.385. The Labute approximate surface area is 112 Å². The van der Waals surface area contributed by atoms with Gasteiger partial charge in [0, 0.05) is 10.7 Å². The molecule has 0 saturated heterocycles. The van der Waals surface area contributed by atoms with E-state index in [9.17, 15) is 4.79 Å². The number of carbonyl (C=O) groups is 1. The molecule has 0 aliphatic heterocycles. The number of hydrogen-bond donors (Lipinski definition) is 1. The van der Waals surface area contributed by atoms with Crippen LogP contribution in [0.15, 0.2) is 29.4 Å². The second kappa shape index (κ2) is 7.01. The molecule has 4 nitrogen and oxygen atoms in total. The first-order chi connectivity index (χ1) is 8.49. The summed E-state index contributed by atoms with van der Waals surface area (Å²) < 4.78 is 5.28. The van der Waals surface area contributed by atoms with E-state index >= 15 is 0 Å². The molecular formula is C13H17ClN2O2. The number of amides is 1. The number of carbonyl (C=O) groups excluding carboxylic acids is 1. The fourth-order valence-electron chi connectivity index (χ4n) is 0.992. The minimum atomic E-state index is -0.287. The van der Waals surface area contributed by atoms with Crippen molar-refractivity contribution in [3.63, 3.8) is 0 Å². The SMILES string of the molecule is C/C(=N\NC(=O)COc1ccc(Cl)cc1)C(C)C. The van der Waals surface area contributed by atoms with E-state index in [-0.39, 0.29) is 12.5 Å². The van der Waals surface area contributed by atoms with Crippen molar-refractivity contribution in [2.24, 2.45) is 11.0 Å². The molecule has 0 heterocycles. The average molecular weight is 269 g/mol. The van der Waals surface area contributed by atoms with Gasteiger partial charge in [0.05, 0.1) is 0 Å². The molecule has 0 bridgehead atoms. The first kappa shape index (κ1) is 14.5. The van der Waals surface area contributed by atoms with Crippen LogP contribution in [0, 0.1) is 5.92 Å². The van der Waals surface area contributed by atoms with Crippen LogP contribution >= 0.6 is 11.6 Å². The molecular weight excluding hydrogens is 252 g/mol. The standard InChI is InChI=1S/C13H17ClN2O2/c1-9(2)10(3)15-16-13(17)8-18-12-6-4-11(14)5-7-12/h4-7,9H,8H2,1-3H3,(H,16,17)/b15-10+. The molecule has 0 fully saturated rings. The quantitative estimate of drug-likeness (QED) is 0.659. The number of ether oxygens (including phenoxy) is 1. The molecule has 1 aromatic rings. The Morgan fingerprint density at radius 2 is 2.00 bits per heavy atom. The van der Waals surface area contributed by atoms with Crippen LogP contribution in [0.25, 0.3) is 0 Å². The summed E-state index contributed by atoms with van der Waals surface area (Å²) in [6, 6.07) is 6.82. The minimum absolute atomic E-state index is 0.0729. The van der Waals surface area contributed by atoms with Gasteiger partial charge in [-0.15, -0.1) is 0 Å². The van der Waals surface area contributed by atoms with Gasteiger partial charge in [0.1, 0.15) is 5.75 Å². The monoisotopic (exact) mass is 268 g/mol. The highest BCUT2D eigenvalue weighted by Gasteiger charge is 2.03. The highest BCUT2D eigenvalue weighted by Crippen LogP contribution is 2.15. The highest BCUT2D eigenvalue weighted by atomic mass is 35.5. The average Bonchev–Trinajstić information content (AvgIpc) is 2.35. The molecule has 1 amide bonds. The van der Waals surface area contributed by atoms with Gasteiger partial charge in [-0.1, -0.05) is 25.4 Å². The number of nitrogens with zero attached hydrogens (tertiary/aromatic N) is 1. The van der Waals surface area contributed by atoms with Crippen LogP contribution in [0.3, 0.4) is 0 Å². The second-order valence-corrected chi connectivity index (χ2v) is 4.62. The van der Waals surface area contributed by atoms with E-state index in [0.29, 0.717) is 16.7 Å². The molecule has 1 rings (SSSR count). The van der Waals surface area contributed by atoms with Gasteiger partial charge in [-0.25, -0.2) is 5.43 Å². The third-order valence-electron chi connectivity index (χ3n) is 2.38.